The molecule has 0 N–H and O–H groups in total. The molecule has 0 fully saturated rings. The normalized spacial score (nSPS) is 12.4. The van der Waals surface area contributed by atoms with Crippen molar-refractivity contribution in [2.45, 2.75) is 25.9 Å². The first kappa shape index (κ1) is 17.7. The van der Waals surface area contributed by atoms with Crippen LogP contribution in [-0.4, -0.2) is 14.9 Å². The van der Waals surface area contributed by atoms with E-state index >= 15 is 0 Å². The molecule has 0 amide bonds. The van der Waals surface area contributed by atoms with Crippen LogP contribution in [-0.2, 0) is 19.5 Å². The smallest absolute Gasteiger partial charge is 0.296 e. The minimum absolute atomic E-state index is 0.0377. The minimum Gasteiger partial charge on any atom is -0.296 e. The van der Waals surface area contributed by atoms with Gasteiger partial charge < -0.3 is 0 Å². The number of hydrogen-bond donors (Lipinski definition) is 0. The number of carbonyl (C=O) groups excluding carboxylic acids is 1. The summed E-state index contributed by atoms with van der Waals surface area (Å²) in [4.78, 5) is 37.9. The van der Waals surface area contributed by atoms with Crippen LogP contribution in [0.2, 0.25) is 0 Å². The van der Waals surface area contributed by atoms with Crippen LogP contribution in [0.3, 0.4) is 0 Å². The second-order valence-electron chi connectivity index (χ2n) is 6.73. The largest absolute Gasteiger partial charge is 0.331 e. The average Bonchev–Trinajstić information content (AvgIpc) is 3.22. The van der Waals surface area contributed by atoms with Gasteiger partial charge in [0, 0.05) is 17.8 Å². The quantitative estimate of drug-likeness (QED) is 0.659. The fraction of sp³-hybridized carbons (Fsp3) is 0.182. The zero-order valence-corrected chi connectivity index (χ0v) is 15.1. The molecule has 6 heteroatoms. The van der Waals surface area contributed by atoms with Gasteiger partial charge >= 0.3 is 5.69 Å². The van der Waals surface area contributed by atoms with E-state index in [0.29, 0.717) is 30.6 Å². The lowest BCUT2D eigenvalue weighted by molar-refractivity contribution is 0.0968. The van der Waals surface area contributed by atoms with Crippen LogP contribution in [0.4, 0.5) is 0 Å². The Kier molecular flexibility index (Phi) is 4.50. The van der Waals surface area contributed by atoms with E-state index in [1.807, 2.05) is 48.5 Å². The van der Waals surface area contributed by atoms with Crippen molar-refractivity contribution in [3.63, 3.8) is 0 Å². The number of hydrogen-bond acceptors (Lipinski definition) is 4. The maximum absolute atomic E-state index is 12.7. The summed E-state index contributed by atoms with van der Waals surface area (Å²) in [5.74, 6) is -0.346. The molecule has 0 bridgehead atoms. The lowest BCUT2D eigenvalue weighted by atomic mass is 10.0. The van der Waals surface area contributed by atoms with Crippen LogP contribution >= 0.6 is 0 Å². The van der Waals surface area contributed by atoms with Crippen molar-refractivity contribution >= 4 is 5.78 Å². The molecule has 3 aromatic rings. The molecule has 0 radical (unpaired) electrons. The summed E-state index contributed by atoms with van der Waals surface area (Å²) in [5.41, 5.74) is 1.65. The Morgan fingerprint density at radius 1 is 1.00 bits per heavy atom. The van der Waals surface area contributed by atoms with Crippen LogP contribution in [0.15, 0.2) is 64.2 Å². The highest BCUT2D eigenvalue weighted by atomic mass is 16.2. The molecular formula is C22H17N3O3. The molecule has 0 atom stereocenters. The van der Waals surface area contributed by atoms with Gasteiger partial charge in [0.1, 0.15) is 11.6 Å². The van der Waals surface area contributed by atoms with Crippen molar-refractivity contribution in [2.24, 2.45) is 0 Å². The molecule has 138 valence electrons. The fourth-order valence-electron chi connectivity index (χ4n) is 3.60. The molecule has 4 rings (SSSR count). The van der Waals surface area contributed by atoms with Crippen molar-refractivity contribution in [3.05, 3.63) is 92.3 Å². The van der Waals surface area contributed by atoms with E-state index in [9.17, 15) is 19.6 Å². The van der Waals surface area contributed by atoms with Crippen molar-refractivity contribution in [1.82, 2.24) is 9.13 Å². The molecule has 0 spiro atoms. The number of Topliss-reactive ketones (excluding diaryl/α,β-unsaturated/α-hetero) is 1. The van der Waals surface area contributed by atoms with Crippen LogP contribution in [0.25, 0.3) is 11.1 Å². The molecular weight excluding hydrogens is 354 g/mol. The van der Waals surface area contributed by atoms with Crippen molar-refractivity contribution < 1.29 is 4.79 Å². The van der Waals surface area contributed by atoms with Crippen molar-refractivity contribution in [3.8, 4) is 17.2 Å². The topological polar surface area (TPSA) is 84.9 Å². The molecule has 0 saturated carbocycles. The van der Waals surface area contributed by atoms with E-state index < -0.39 is 11.2 Å². The molecule has 6 nitrogen and oxygen atoms in total. The lowest BCUT2D eigenvalue weighted by Gasteiger charge is -2.10. The number of nitriles is 1. The maximum Gasteiger partial charge on any atom is 0.331 e. The van der Waals surface area contributed by atoms with Gasteiger partial charge in [-0.15, -0.1) is 0 Å². The first-order chi connectivity index (χ1) is 13.6. The van der Waals surface area contributed by atoms with E-state index in [4.69, 9.17) is 0 Å². The molecule has 0 saturated heterocycles. The van der Waals surface area contributed by atoms with Gasteiger partial charge in [0.25, 0.3) is 5.56 Å². The SMILES string of the molecule is N#Cc1c2n(c(=O)n(CC(=O)c3ccc(-c4ccccc4)cc3)c1=O)CCC2. The van der Waals surface area contributed by atoms with Gasteiger partial charge in [-0.05, 0) is 24.0 Å². The van der Waals surface area contributed by atoms with Crippen LogP contribution in [0.5, 0.6) is 0 Å². The fourth-order valence-corrected chi connectivity index (χ4v) is 3.60. The predicted octanol–water partition coefficient (Wildman–Crippen LogP) is 2.38. The van der Waals surface area contributed by atoms with Gasteiger partial charge in [-0.3, -0.25) is 18.7 Å². The molecule has 2 aromatic carbocycles. The predicted molar refractivity (Wildman–Crippen MR) is 104 cm³/mol. The van der Waals surface area contributed by atoms with Crippen molar-refractivity contribution in [2.75, 3.05) is 0 Å². The molecule has 28 heavy (non-hydrogen) atoms. The number of benzene rings is 2. The summed E-state index contributed by atoms with van der Waals surface area (Å²) < 4.78 is 2.31. The molecule has 1 aliphatic rings. The lowest BCUT2D eigenvalue weighted by Crippen LogP contribution is -2.43. The Labute approximate surface area is 160 Å². The van der Waals surface area contributed by atoms with E-state index in [0.717, 1.165) is 15.7 Å². The molecule has 0 unspecified atom stereocenters. The minimum atomic E-state index is -0.685. The summed E-state index contributed by atoms with van der Waals surface area (Å²) in [6.07, 6.45) is 1.24. The molecule has 0 aliphatic carbocycles. The highest BCUT2D eigenvalue weighted by molar-refractivity contribution is 5.96. The second-order valence-corrected chi connectivity index (χ2v) is 6.73. The van der Waals surface area contributed by atoms with Crippen molar-refractivity contribution in [1.29, 1.82) is 5.26 Å². The summed E-state index contributed by atoms with van der Waals surface area (Å²) in [6.45, 7) is 0.0837. The number of rotatable bonds is 4. The monoisotopic (exact) mass is 371 g/mol. The summed E-state index contributed by atoms with van der Waals surface area (Å²) in [5, 5.41) is 9.32. The highest BCUT2D eigenvalue weighted by Gasteiger charge is 2.23. The van der Waals surface area contributed by atoms with Crippen LogP contribution < -0.4 is 11.2 Å². The third-order valence-electron chi connectivity index (χ3n) is 5.06. The van der Waals surface area contributed by atoms with E-state index in [1.54, 1.807) is 12.1 Å². The van der Waals surface area contributed by atoms with Crippen LogP contribution in [0.1, 0.15) is 28.0 Å². The average molecular weight is 371 g/mol. The third kappa shape index (κ3) is 2.97. The van der Waals surface area contributed by atoms with Gasteiger partial charge in [0.05, 0.1) is 6.54 Å². The Balaban J connectivity index is 1.66. The molecule has 1 aliphatic heterocycles. The highest BCUT2D eigenvalue weighted by Crippen LogP contribution is 2.19. The Bertz CT molecular complexity index is 1210. The van der Waals surface area contributed by atoms with Gasteiger partial charge in [-0.1, -0.05) is 54.6 Å². The van der Waals surface area contributed by atoms with Gasteiger partial charge in [0.2, 0.25) is 0 Å². The molecule has 2 heterocycles. The van der Waals surface area contributed by atoms with Gasteiger partial charge in [0.15, 0.2) is 5.78 Å². The summed E-state index contributed by atoms with van der Waals surface area (Å²) in [7, 11) is 0. The maximum atomic E-state index is 12.7. The summed E-state index contributed by atoms with van der Waals surface area (Å²) >= 11 is 0. The Hall–Kier alpha value is -3.72. The Morgan fingerprint density at radius 3 is 2.36 bits per heavy atom. The van der Waals surface area contributed by atoms with Crippen LogP contribution in [0, 0.1) is 11.3 Å². The first-order valence-electron chi connectivity index (χ1n) is 9.05. The number of ketones is 1. The second kappa shape index (κ2) is 7.12. The zero-order chi connectivity index (χ0) is 19.7. The number of aromatic nitrogens is 2. The number of nitrogens with zero attached hydrogens (tertiary/aromatic N) is 3. The molecule has 1 aromatic heterocycles. The van der Waals surface area contributed by atoms with E-state index in [2.05, 4.69) is 0 Å². The van der Waals surface area contributed by atoms with E-state index in [-0.39, 0.29) is 17.9 Å². The Morgan fingerprint density at radius 2 is 1.68 bits per heavy atom. The zero-order valence-electron chi connectivity index (χ0n) is 15.1. The number of carbonyl (C=O) groups is 1. The number of fused-ring (bicyclic) bond motifs is 1. The standard InChI is InChI=1S/C22H17N3O3/c23-13-18-19-7-4-12-24(19)22(28)25(21(18)27)14-20(26)17-10-8-16(9-11-17)15-5-2-1-3-6-15/h1-3,5-6,8-11H,4,7,12,14H2. The third-order valence-corrected chi connectivity index (χ3v) is 5.06. The summed E-state index contributed by atoms with van der Waals surface area (Å²) in [6, 6.07) is 18.7. The first-order valence-corrected chi connectivity index (χ1v) is 9.05. The van der Waals surface area contributed by atoms with E-state index in [1.165, 1.54) is 4.57 Å². The van der Waals surface area contributed by atoms with Gasteiger partial charge in [-0.2, -0.15) is 5.26 Å². The van der Waals surface area contributed by atoms with Gasteiger partial charge in [-0.25, -0.2) is 4.79 Å².